The van der Waals surface area contributed by atoms with Crippen molar-refractivity contribution in [3.05, 3.63) is 102 Å². The molecular formula is C25H21NO4S. The Morgan fingerprint density at radius 3 is 2.16 bits per heavy atom. The second-order valence-electron chi connectivity index (χ2n) is 7.08. The van der Waals surface area contributed by atoms with Gasteiger partial charge in [0.2, 0.25) is 0 Å². The summed E-state index contributed by atoms with van der Waals surface area (Å²) in [6.07, 6.45) is 0.976. The molecule has 0 saturated heterocycles. The molecule has 1 aliphatic heterocycles. The first-order valence-corrected chi connectivity index (χ1v) is 10.7. The standard InChI is InChI=1S/C25H21NO4S/c27-24(28)23-15-20(16-26(23)25(29)30-17-18-7-3-1-4-8-18)19-11-13-22(14-12-19)31-21-9-5-2-6-10-21/h1-15,23H,16-17H2,(H,27,28)/t23-/m0/s1. The molecule has 1 aliphatic rings. The molecule has 1 amide bonds. The topological polar surface area (TPSA) is 66.8 Å². The minimum Gasteiger partial charge on any atom is -0.479 e. The summed E-state index contributed by atoms with van der Waals surface area (Å²) in [5.41, 5.74) is 2.53. The van der Waals surface area contributed by atoms with Crippen LogP contribution in [-0.2, 0) is 16.1 Å². The minimum absolute atomic E-state index is 0.100. The van der Waals surface area contributed by atoms with Gasteiger partial charge in [-0.15, -0.1) is 0 Å². The molecule has 1 heterocycles. The highest BCUT2D eigenvalue weighted by molar-refractivity contribution is 7.99. The van der Waals surface area contributed by atoms with Gasteiger partial charge in [0.05, 0.1) is 6.54 Å². The molecule has 0 bridgehead atoms. The normalized spacial score (nSPS) is 15.4. The molecule has 3 aromatic rings. The molecule has 0 fully saturated rings. The molecule has 0 spiro atoms. The molecule has 0 unspecified atom stereocenters. The number of benzene rings is 3. The van der Waals surface area contributed by atoms with E-state index < -0.39 is 18.1 Å². The lowest BCUT2D eigenvalue weighted by Gasteiger charge is -2.21. The number of aliphatic carboxylic acids is 1. The van der Waals surface area contributed by atoms with E-state index in [0.717, 1.165) is 26.5 Å². The molecule has 5 nitrogen and oxygen atoms in total. The average molecular weight is 432 g/mol. The first kappa shape index (κ1) is 20.8. The van der Waals surface area contributed by atoms with Gasteiger partial charge in [-0.05, 0) is 47.0 Å². The smallest absolute Gasteiger partial charge is 0.411 e. The third-order valence-electron chi connectivity index (χ3n) is 4.93. The fraction of sp³-hybridized carbons (Fsp3) is 0.120. The summed E-state index contributed by atoms with van der Waals surface area (Å²) in [5, 5.41) is 9.59. The van der Waals surface area contributed by atoms with Crippen molar-refractivity contribution in [1.82, 2.24) is 4.90 Å². The molecule has 31 heavy (non-hydrogen) atoms. The number of carbonyl (C=O) groups excluding carboxylic acids is 1. The maximum Gasteiger partial charge on any atom is 0.411 e. The molecule has 0 aromatic heterocycles. The van der Waals surface area contributed by atoms with Crippen LogP contribution in [0.15, 0.2) is 101 Å². The van der Waals surface area contributed by atoms with E-state index in [4.69, 9.17) is 4.74 Å². The second-order valence-corrected chi connectivity index (χ2v) is 8.23. The number of hydrogen-bond acceptors (Lipinski definition) is 4. The van der Waals surface area contributed by atoms with Crippen LogP contribution >= 0.6 is 11.8 Å². The van der Waals surface area contributed by atoms with Gasteiger partial charge < -0.3 is 9.84 Å². The van der Waals surface area contributed by atoms with E-state index in [-0.39, 0.29) is 13.2 Å². The lowest BCUT2D eigenvalue weighted by molar-refractivity contribution is -0.140. The highest BCUT2D eigenvalue weighted by Crippen LogP contribution is 2.31. The van der Waals surface area contributed by atoms with Gasteiger partial charge in [-0.25, -0.2) is 9.59 Å². The molecule has 6 heteroatoms. The minimum atomic E-state index is -1.08. The molecule has 156 valence electrons. The molecular weight excluding hydrogens is 410 g/mol. The number of hydrogen-bond donors (Lipinski definition) is 1. The zero-order chi connectivity index (χ0) is 21.6. The highest BCUT2D eigenvalue weighted by Gasteiger charge is 2.35. The number of amides is 1. The molecule has 3 aromatic carbocycles. The number of nitrogens with zero attached hydrogens (tertiary/aromatic N) is 1. The Morgan fingerprint density at radius 1 is 0.903 bits per heavy atom. The lowest BCUT2D eigenvalue weighted by atomic mass is 10.1. The summed E-state index contributed by atoms with van der Waals surface area (Å²) in [7, 11) is 0. The molecule has 4 rings (SSSR count). The van der Waals surface area contributed by atoms with Gasteiger partial charge in [0, 0.05) is 9.79 Å². The molecule has 1 N–H and O–H groups in total. The maximum absolute atomic E-state index is 12.6. The van der Waals surface area contributed by atoms with Crippen LogP contribution in [-0.4, -0.2) is 34.7 Å². The highest BCUT2D eigenvalue weighted by atomic mass is 32.2. The Balaban J connectivity index is 1.43. The Hall–Kier alpha value is -3.51. The summed E-state index contributed by atoms with van der Waals surface area (Å²) in [4.78, 5) is 27.8. The number of rotatable bonds is 6. The van der Waals surface area contributed by atoms with Crippen molar-refractivity contribution >= 4 is 29.4 Å². The fourth-order valence-corrected chi connectivity index (χ4v) is 4.19. The van der Waals surface area contributed by atoms with Gasteiger partial charge in [-0.1, -0.05) is 72.4 Å². The summed E-state index contributed by atoms with van der Waals surface area (Å²) in [5.74, 6) is -1.08. The monoisotopic (exact) mass is 431 g/mol. The van der Waals surface area contributed by atoms with Crippen molar-refractivity contribution in [1.29, 1.82) is 0 Å². The third-order valence-corrected chi connectivity index (χ3v) is 5.95. The summed E-state index contributed by atoms with van der Waals surface area (Å²) >= 11 is 1.66. The predicted octanol–water partition coefficient (Wildman–Crippen LogP) is 5.33. The Labute approximate surface area is 185 Å². The largest absolute Gasteiger partial charge is 0.479 e. The van der Waals surface area contributed by atoms with E-state index in [9.17, 15) is 14.7 Å². The van der Waals surface area contributed by atoms with E-state index >= 15 is 0 Å². The van der Waals surface area contributed by atoms with Gasteiger partial charge in [-0.2, -0.15) is 0 Å². The molecule has 0 radical (unpaired) electrons. The van der Waals surface area contributed by atoms with E-state index in [1.807, 2.05) is 72.8 Å². The molecule has 0 saturated carbocycles. The van der Waals surface area contributed by atoms with E-state index in [0.29, 0.717) is 0 Å². The van der Waals surface area contributed by atoms with Crippen molar-refractivity contribution in [2.75, 3.05) is 6.54 Å². The summed E-state index contributed by atoms with van der Waals surface area (Å²) in [6, 6.07) is 26.2. The Kier molecular flexibility index (Phi) is 6.38. The zero-order valence-corrected chi connectivity index (χ0v) is 17.5. The lowest BCUT2D eigenvalue weighted by Crippen LogP contribution is -2.41. The average Bonchev–Trinajstić information content (AvgIpc) is 3.25. The summed E-state index contributed by atoms with van der Waals surface area (Å²) < 4.78 is 5.35. The first-order chi connectivity index (χ1) is 15.1. The zero-order valence-electron chi connectivity index (χ0n) is 16.7. The van der Waals surface area contributed by atoms with Crippen LogP contribution in [0.2, 0.25) is 0 Å². The predicted molar refractivity (Wildman–Crippen MR) is 120 cm³/mol. The van der Waals surface area contributed by atoms with Crippen LogP contribution in [0.3, 0.4) is 0 Å². The number of carboxylic acids is 1. The number of carboxylic acid groups (broad SMARTS) is 1. The van der Waals surface area contributed by atoms with Gasteiger partial charge in [0.15, 0.2) is 6.04 Å². The van der Waals surface area contributed by atoms with Gasteiger partial charge in [0.1, 0.15) is 6.61 Å². The first-order valence-electron chi connectivity index (χ1n) is 9.84. The van der Waals surface area contributed by atoms with E-state index in [2.05, 4.69) is 12.1 Å². The Bertz CT molecular complexity index is 1080. The van der Waals surface area contributed by atoms with Crippen molar-refractivity contribution in [3.63, 3.8) is 0 Å². The number of carbonyl (C=O) groups is 2. The number of ether oxygens (including phenoxy) is 1. The van der Waals surface area contributed by atoms with Crippen LogP contribution in [0.4, 0.5) is 4.79 Å². The van der Waals surface area contributed by atoms with Crippen LogP contribution in [0, 0.1) is 0 Å². The molecule has 0 aliphatic carbocycles. The third kappa shape index (κ3) is 5.16. The maximum atomic E-state index is 12.6. The van der Waals surface area contributed by atoms with Crippen LogP contribution in [0.25, 0.3) is 5.57 Å². The Morgan fingerprint density at radius 2 is 1.52 bits per heavy atom. The van der Waals surface area contributed by atoms with E-state index in [1.54, 1.807) is 17.8 Å². The van der Waals surface area contributed by atoms with Crippen molar-refractivity contribution in [2.45, 2.75) is 22.4 Å². The van der Waals surface area contributed by atoms with E-state index in [1.165, 1.54) is 4.90 Å². The molecule has 1 atom stereocenters. The van der Waals surface area contributed by atoms with Crippen LogP contribution < -0.4 is 0 Å². The quantitative estimate of drug-likeness (QED) is 0.572. The second kappa shape index (κ2) is 9.53. The summed E-state index contributed by atoms with van der Waals surface area (Å²) in [6.45, 7) is 0.291. The van der Waals surface area contributed by atoms with Crippen molar-refractivity contribution < 1.29 is 19.4 Å². The van der Waals surface area contributed by atoms with Crippen LogP contribution in [0.5, 0.6) is 0 Å². The van der Waals surface area contributed by atoms with Crippen molar-refractivity contribution in [2.24, 2.45) is 0 Å². The fourth-order valence-electron chi connectivity index (χ4n) is 3.35. The van der Waals surface area contributed by atoms with Gasteiger partial charge >= 0.3 is 12.1 Å². The SMILES string of the molecule is O=C(O)[C@@H]1C=C(c2ccc(Sc3ccccc3)cc2)CN1C(=O)OCc1ccccc1. The van der Waals surface area contributed by atoms with Gasteiger partial charge in [-0.3, -0.25) is 4.90 Å². The van der Waals surface area contributed by atoms with Crippen LogP contribution in [0.1, 0.15) is 11.1 Å². The van der Waals surface area contributed by atoms with Crippen molar-refractivity contribution in [3.8, 4) is 0 Å². The van der Waals surface area contributed by atoms with Gasteiger partial charge in [0.25, 0.3) is 0 Å².